The summed E-state index contributed by atoms with van der Waals surface area (Å²) in [6, 6.07) is 23.6. The van der Waals surface area contributed by atoms with Gasteiger partial charge in [0.05, 0.1) is 6.54 Å². The van der Waals surface area contributed by atoms with Crippen molar-refractivity contribution in [1.82, 2.24) is 5.32 Å². The van der Waals surface area contributed by atoms with Gasteiger partial charge in [0.1, 0.15) is 18.1 Å². The number of ether oxygens (including phenoxy) is 2. The Morgan fingerprint density at radius 1 is 0.759 bits per heavy atom. The molecule has 0 spiro atoms. The van der Waals surface area contributed by atoms with E-state index in [2.05, 4.69) is 5.32 Å². The molecule has 5 heteroatoms. The second-order valence-corrected chi connectivity index (χ2v) is 6.52. The van der Waals surface area contributed by atoms with E-state index in [9.17, 15) is 9.59 Å². The predicted octanol–water partition coefficient (Wildman–Crippen LogP) is 3.80. The molecule has 0 radical (unpaired) electrons. The average molecular weight is 389 g/mol. The van der Waals surface area contributed by atoms with E-state index in [0.717, 1.165) is 5.75 Å². The third-order valence-corrected chi connectivity index (χ3v) is 4.24. The molecule has 3 aromatic carbocycles. The summed E-state index contributed by atoms with van der Waals surface area (Å²) < 4.78 is 11.0. The first-order chi connectivity index (χ1) is 14.1. The quantitative estimate of drug-likeness (QED) is 0.447. The molecule has 0 aliphatic heterocycles. The minimum atomic E-state index is -0.234. The van der Waals surface area contributed by atoms with Gasteiger partial charge in [-0.05, 0) is 43.3 Å². The molecule has 0 atom stereocenters. The molecular formula is C24H23NO4. The normalized spacial score (nSPS) is 10.2. The van der Waals surface area contributed by atoms with Gasteiger partial charge in [0, 0.05) is 11.1 Å². The largest absolute Gasteiger partial charge is 0.492 e. The van der Waals surface area contributed by atoms with Crippen LogP contribution in [-0.2, 0) is 4.79 Å². The van der Waals surface area contributed by atoms with Gasteiger partial charge in [0.15, 0.2) is 12.4 Å². The van der Waals surface area contributed by atoms with Gasteiger partial charge < -0.3 is 14.8 Å². The van der Waals surface area contributed by atoms with Gasteiger partial charge in [0.2, 0.25) is 0 Å². The number of amides is 1. The van der Waals surface area contributed by atoms with Crippen molar-refractivity contribution in [1.29, 1.82) is 0 Å². The van der Waals surface area contributed by atoms with Crippen molar-refractivity contribution in [3.63, 3.8) is 0 Å². The molecule has 0 saturated heterocycles. The lowest BCUT2D eigenvalue weighted by Crippen LogP contribution is -2.32. The molecular weight excluding hydrogens is 366 g/mol. The zero-order valence-corrected chi connectivity index (χ0v) is 16.3. The fourth-order valence-electron chi connectivity index (χ4n) is 2.65. The van der Waals surface area contributed by atoms with Gasteiger partial charge >= 0.3 is 0 Å². The molecule has 0 bridgehead atoms. The number of nitrogens with one attached hydrogen (secondary N) is 1. The maximum absolute atomic E-state index is 12.4. The number of carbonyl (C=O) groups excluding carboxylic acids is 2. The highest BCUT2D eigenvalue weighted by Gasteiger charge is 2.09. The summed E-state index contributed by atoms with van der Waals surface area (Å²) in [4.78, 5) is 24.3. The molecule has 0 aromatic heterocycles. The van der Waals surface area contributed by atoms with Crippen LogP contribution in [0.15, 0.2) is 78.9 Å². The number of hydrogen-bond acceptors (Lipinski definition) is 4. The molecule has 1 N–H and O–H groups in total. The van der Waals surface area contributed by atoms with Crippen molar-refractivity contribution in [3.8, 4) is 11.5 Å². The fraction of sp³-hybridized carbons (Fsp3) is 0.167. The maximum Gasteiger partial charge on any atom is 0.258 e. The summed E-state index contributed by atoms with van der Waals surface area (Å²) in [5, 5.41) is 2.74. The van der Waals surface area contributed by atoms with Gasteiger partial charge in [0.25, 0.3) is 5.91 Å². The Morgan fingerprint density at radius 3 is 2.03 bits per heavy atom. The first kappa shape index (κ1) is 20.1. The molecule has 0 heterocycles. The summed E-state index contributed by atoms with van der Waals surface area (Å²) in [5.41, 5.74) is 2.37. The fourth-order valence-corrected chi connectivity index (χ4v) is 2.65. The van der Waals surface area contributed by atoms with Crippen LogP contribution in [0.3, 0.4) is 0 Å². The molecule has 5 nitrogen and oxygen atoms in total. The Hall–Kier alpha value is -3.60. The van der Waals surface area contributed by atoms with E-state index in [1.807, 2.05) is 49.4 Å². The van der Waals surface area contributed by atoms with E-state index in [-0.39, 0.29) is 18.3 Å². The lowest BCUT2D eigenvalue weighted by atomic mass is 10.0. The highest BCUT2D eigenvalue weighted by Crippen LogP contribution is 2.15. The molecule has 1 amide bonds. The SMILES string of the molecule is Cc1ccc(OCCNC(=O)COc2ccc(C(=O)c3ccccc3)cc2)cc1. The first-order valence-corrected chi connectivity index (χ1v) is 9.40. The molecule has 3 aromatic rings. The van der Waals surface area contributed by atoms with Crippen molar-refractivity contribution in [2.75, 3.05) is 19.8 Å². The van der Waals surface area contributed by atoms with Crippen molar-refractivity contribution >= 4 is 11.7 Å². The summed E-state index contributed by atoms with van der Waals surface area (Å²) in [7, 11) is 0. The highest BCUT2D eigenvalue weighted by atomic mass is 16.5. The molecule has 0 fully saturated rings. The van der Waals surface area contributed by atoms with E-state index in [4.69, 9.17) is 9.47 Å². The van der Waals surface area contributed by atoms with Crippen LogP contribution in [0.1, 0.15) is 21.5 Å². The van der Waals surface area contributed by atoms with Crippen molar-refractivity contribution in [2.45, 2.75) is 6.92 Å². The third kappa shape index (κ3) is 6.21. The lowest BCUT2D eigenvalue weighted by Gasteiger charge is -2.09. The monoisotopic (exact) mass is 389 g/mol. The Labute approximate surface area is 170 Å². The van der Waals surface area contributed by atoms with E-state index >= 15 is 0 Å². The van der Waals surface area contributed by atoms with Gasteiger partial charge in [-0.15, -0.1) is 0 Å². The summed E-state index contributed by atoms with van der Waals surface area (Å²) in [6.07, 6.45) is 0. The number of benzene rings is 3. The molecule has 3 rings (SSSR count). The molecule has 148 valence electrons. The number of aryl methyl sites for hydroxylation is 1. The van der Waals surface area contributed by atoms with Crippen molar-refractivity contribution < 1.29 is 19.1 Å². The minimum absolute atomic E-state index is 0.0523. The standard InChI is InChI=1S/C24H23NO4/c1-18-7-11-21(12-8-18)28-16-15-25-23(26)17-29-22-13-9-20(10-14-22)24(27)19-5-3-2-4-6-19/h2-14H,15-17H2,1H3,(H,25,26). The number of rotatable bonds is 9. The number of ketones is 1. The molecule has 0 aliphatic carbocycles. The van der Waals surface area contributed by atoms with E-state index < -0.39 is 0 Å². The van der Waals surface area contributed by atoms with Crippen LogP contribution in [0.25, 0.3) is 0 Å². The van der Waals surface area contributed by atoms with Crippen molar-refractivity contribution in [2.24, 2.45) is 0 Å². The van der Waals surface area contributed by atoms with Gasteiger partial charge in [-0.2, -0.15) is 0 Å². The molecule has 0 saturated carbocycles. The third-order valence-electron chi connectivity index (χ3n) is 4.24. The Morgan fingerprint density at radius 2 is 1.34 bits per heavy atom. The van der Waals surface area contributed by atoms with Crippen LogP contribution in [-0.4, -0.2) is 31.4 Å². The second-order valence-electron chi connectivity index (χ2n) is 6.52. The zero-order chi connectivity index (χ0) is 20.5. The lowest BCUT2D eigenvalue weighted by molar-refractivity contribution is -0.123. The smallest absolute Gasteiger partial charge is 0.258 e. The minimum Gasteiger partial charge on any atom is -0.492 e. The summed E-state index contributed by atoms with van der Waals surface area (Å²) in [6.45, 7) is 2.68. The summed E-state index contributed by atoms with van der Waals surface area (Å²) in [5.74, 6) is 1.01. The van der Waals surface area contributed by atoms with Gasteiger partial charge in [-0.1, -0.05) is 48.0 Å². The van der Waals surface area contributed by atoms with E-state index in [0.29, 0.717) is 30.0 Å². The maximum atomic E-state index is 12.4. The van der Waals surface area contributed by atoms with Crippen LogP contribution in [0, 0.1) is 6.92 Å². The Balaban J connectivity index is 1.38. The summed E-state index contributed by atoms with van der Waals surface area (Å²) >= 11 is 0. The zero-order valence-electron chi connectivity index (χ0n) is 16.3. The second kappa shape index (κ2) is 10.1. The Kier molecular flexibility index (Phi) is 7.00. The number of hydrogen-bond donors (Lipinski definition) is 1. The van der Waals surface area contributed by atoms with Crippen LogP contribution in [0.5, 0.6) is 11.5 Å². The van der Waals surface area contributed by atoms with Crippen LogP contribution in [0.4, 0.5) is 0 Å². The van der Waals surface area contributed by atoms with Crippen LogP contribution in [0.2, 0.25) is 0 Å². The van der Waals surface area contributed by atoms with Crippen LogP contribution >= 0.6 is 0 Å². The Bertz CT molecular complexity index is 935. The molecule has 29 heavy (non-hydrogen) atoms. The average Bonchev–Trinajstić information content (AvgIpc) is 2.77. The first-order valence-electron chi connectivity index (χ1n) is 9.40. The molecule has 0 aliphatic rings. The van der Waals surface area contributed by atoms with E-state index in [1.54, 1.807) is 36.4 Å². The van der Waals surface area contributed by atoms with Crippen molar-refractivity contribution in [3.05, 3.63) is 95.6 Å². The topological polar surface area (TPSA) is 64.6 Å². The highest BCUT2D eigenvalue weighted by molar-refractivity contribution is 6.08. The van der Waals surface area contributed by atoms with Gasteiger partial charge in [-0.3, -0.25) is 9.59 Å². The van der Waals surface area contributed by atoms with E-state index in [1.165, 1.54) is 5.56 Å². The predicted molar refractivity (Wildman–Crippen MR) is 111 cm³/mol. The number of carbonyl (C=O) groups is 2. The van der Waals surface area contributed by atoms with Gasteiger partial charge in [-0.25, -0.2) is 0 Å². The van der Waals surface area contributed by atoms with Crippen LogP contribution < -0.4 is 14.8 Å². The molecule has 0 unspecified atom stereocenters.